The molecule has 13 heteroatoms. The molecule has 1 amide bonds. The zero-order valence-electron chi connectivity index (χ0n) is 25.9. The Morgan fingerprint density at radius 1 is 1.07 bits per heavy atom. The van der Waals surface area contributed by atoms with E-state index in [-0.39, 0.29) is 23.6 Å². The van der Waals surface area contributed by atoms with Crippen LogP contribution in [0.2, 0.25) is 0 Å². The third-order valence-corrected chi connectivity index (χ3v) is 7.49. The van der Waals surface area contributed by atoms with Crippen LogP contribution in [0.3, 0.4) is 0 Å². The first-order valence-electron chi connectivity index (χ1n) is 14.7. The van der Waals surface area contributed by atoms with Crippen molar-refractivity contribution >= 4 is 29.0 Å². The van der Waals surface area contributed by atoms with E-state index in [0.29, 0.717) is 65.5 Å². The summed E-state index contributed by atoms with van der Waals surface area (Å²) in [6.07, 6.45) is 5.96. The van der Waals surface area contributed by atoms with E-state index in [1.165, 1.54) is 31.6 Å². The van der Waals surface area contributed by atoms with Gasteiger partial charge < -0.3 is 29.7 Å². The number of halogens is 2. The number of aromatic nitrogens is 3. The van der Waals surface area contributed by atoms with E-state index >= 15 is 0 Å². The van der Waals surface area contributed by atoms with Crippen LogP contribution in [0.15, 0.2) is 48.9 Å². The van der Waals surface area contributed by atoms with Gasteiger partial charge >= 0.3 is 5.97 Å². The number of nitrogens with one attached hydrogen (secondary N) is 2. The van der Waals surface area contributed by atoms with Gasteiger partial charge in [0, 0.05) is 42.2 Å². The molecular weight excluding hydrogens is 586 g/mol. The Labute approximate surface area is 260 Å². The van der Waals surface area contributed by atoms with Crippen molar-refractivity contribution in [1.82, 2.24) is 19.7 Å². The molecule has 2 aromatic carbocycles. The van der Waals surface area contributed by atoms with Crippen molar-refractivity contribution in [2.75, 3.05) is 59.4 Å². The summed E-state index contributed by atoms with van der Waals surface area (Å²) in [7, 11) is 5.34. The number of imidazole rings is 1. The number of aliphatic carboxylic acids is 1. The first kappa shape index (κ1) is 33.3. The molecule has 0 bridgehead atoms. The molecule has 0 saturated heterocycles. The zero-order chi connectivity index (χ0) is 32.6. The maximum atomic E-state index is 14.8. The van der Waals surface area contributed by atoms with Crippen molar-refractivity contribution in [2.45, 2.75) is 26.2 Å². The van der Waals surface area contributed by atoms with Crippen LogP contribution in [0.5, 0.6) is 5.75 Å². The summed E-state index contributed by atoms with van der Waals surface area (Å²) in [6, 6.07) is 8.16. The molecular formula is C32H39F2N6O5+. The lowest BCUT2D eigenvalue weighted by Gasteiger charge is -2.29. The summed E-state index contributed by atoms with van der Waals surface area (Å²) < 4.78 is 42.1. The lowest BCUT2D eigenvalue weighted by Crippen LogP contribution is -2.43. The predicted molar refractivity (Wildman–Crippen MR) is 166 cm³/mol. The van der Waals surface area contributed by atoms with Gasteiger partial charge in [0.1, 0.15) is 6.54 Å². The number of methoxy groups -OCH3 is 1. The Kier molecular flexibility index (Phi) is 11.0. The molecule has 0 spiro atoms. The largest absolute Gasteiger partial charge is 0.494 e. The number of nitrogens with zero attached hydrogens (tertiary/aromatic N) is 4. The second-order valence-corrected chi connectivity index (χ2v) is 11.2. The molecule has 2 aromatic heterocycles. The highest BCUT2D eigenvalue weighted by atomic mass is 19.2. The molecule has 0 unspecified atom stereocenters. The Balaban J connectivity index is 1.36. The molecule has 0 atom stereocenters. The number of carboxylic acids is 1. The number of likely N-dealkylation sites (N-methyl/N-ethyl adjacent to an activating group) is 1. The van der Waals surface area contributed by atoms with Crippen molar-refractivity contribution in [2.24, 2.45) is 0 Å². The van der Waals surface area contributed by atoms with Gasteiger partial charge in [0.05, 0.1) is 59.3 Å². The summed E-state index contributed by atoms with van der Waals surface area (Å²) in [4.78, 5) is 32.5. The molecule has 3 N–H and O–H groups in total. The van der Waals surface area contributed by atoms with Crippen LogP contribution in [-0.2, 0) is 16.0 Å². The normalized spacial score (nSPS) is 11.5. The Hall–Kier alpha value is -4.62. The van der Waals surface area contributed by atoms with Gasteiger partial charge in [-0.3, -0.25) is 14.0 Å². The summed E-state index contributed by atoms with van der Waals surface area (Å²) in [5, 5.41) is 14.9. The van der Waals surface area contributed by atoms with E-state index in [2.05, 4.69) is 20.6 Å². The van der Waals surface area contributed by atoms with Crippen molar-refractivity contribution in [3.8, 4) is 17.0 Å². The molecule has 240 valence electrons. The molecule has 0 saturated carbocycles. The van der Waals surface area contributed by atoms with E-state index in [1.807, 2.05) is 27.1 Å². The minimum atomic E-state index is -1.08. The molecule has 2 heterocycles. The number of aryl methyl sites for hydroxylation is 1. The lowest BCUT2D eigenvalue weighted by molar-refractivity contribution is -0.890. The number of rotatable bonds is 16. The van der Waals surface area contributed by atoms with Crippen molar-refractivity contribution in [3.05, 3.63) is 71.7 Å². The van der Waals surface area contributed by atoms with Crippen LogP contribution in [-0.4, -0.2) is 89.9 Å². The van der Waals surface area contributed by atoms with E-state index in [4.69, 9.17) is 14.6 Å². The number of hydrogen-bond donors (Lipinski definition) is 3. The summed E-state index contributed by atoms with van der Waals surface area (Å²) in [5.74, 6) is -2.90. The molecule has 0 aliphatic rings. The van der Waals surface area contributed by atoms with Crippen LogP contribution >= 0.6 is 0 Å². The fraction of sp³-hybridized carbons (Fsp3) is 0.375. The second kappa shape index (κ2) is 14.9. The van der Waals surface area contributed by atoms with Gasteiger partial charge in [-0.1, -0.05) is 6.92 Å². The van der Waals surface area contributed by atoms with E-state index < -0.39 is 17.6 Å². The minimum absolute atomic E-state index is 0.0305. The predicted octanol–water partition coefficient (Wildman–Crippen LogP) is 4.68. The zero-order valence-corrected chi connectivity index (χ0v) is 25.9. The number of carbonyl (C=O) groups excluding carboxylic acids is 1. The summed E-state index contributed by atoms with van der Waals surface area (Å²) in [6.45, 7) is 4.65. The molecule has 0 aliphatic heterocycles. The van der Waals surface area contributed by atoms with Crippen molar-refractivity contribution in [1.29, 1.82) is 0 Å². The van der Waals surface area contributed by atoms with Gasteiger partial charge in [-0.25, -0.2) is 14.4 Å². The standard InChI is InChI=1S/C32H38F2N6O5/c1-5-21-19-22(8-9-23(21)32(43)36-13-17-45-18-16-40(2,3)15-6-7-27(41)42)38-30-31-37-20-25(39(31)14-12-35-30)24-10-11-26(44-4)29(34)28(24)33/h8-12,14,19-20H,5-7,13,15-18H2,1-4H3,(H2-,35,36,38,41,42,43)/p+1. The number of quaternary nitrogens is 1. The van der Waals surface area contributed by atoms with Crippen molar-refractivity contribution < 1.29 is 37.4 Å². The topological polar surface area (TPSA) is 127 Å². The minimum Gasteiger partial charge on any atom is -0.494 e. The number of benzene rings is 2. The highest BCUT2D eigenvalue weighted by molar-refractivity contribution is 5.96. The van der Waals surface area contributed by atoms with Gasteiger partial charge in [-0.2, -0.15) is 4.39 Å². The van der Waals surface area contributed by atoms with Gasteiger partial charge in [-0.15, -0.1) is 0 Å². The van der Waals surface area contributed by atoms with Crippen LogP contribution in [0.1, 0.15) is 35.7 Å². The monoisotopic (exact) mass is 625 g/mol. The average molecular weight is 626 g/mol. The Morgan fingerprint density at radius 3 is 2.60 bits per heavy atom. The smallest absolute Gasteiger partial charge is 0.303 e. The molecule has 11 nitrogen and oxygen atoms in total. The van der Waals surface area contributed by atoms with Crippen molar-refractivity contribution in [3.63, 3.8) is 0 Å². The Bertz CT molecular complexity index is 1660. The maximum Gasteiger partial charge on any atom is 0.303 e. The first-order valence-corrected chi connectivity index (χ1v) is 14.7. The quantitative estimate of drug-likeness (QED) is 0.121. The molecule has 4 rings (SSSR count). The van der Waals surface area contributed by atoms with Crippen LogP contribution in [0, 0.1) is 11.6 Å². The first-order chi connectivity index (χ1) is 21.5. The number of fused-ring (bicyclic) bond motifs is 1. The summed E-state index contributed by atoms with van der Waals surface area (Å²) >= 11 is 0. The van der Waals surface area contributed by atoms with E-state index in [9.17, 15) is 18.4 Å². The number of carboxylic acid groups (broad SMARTS) is 1. The van der Waals surface area contributed by atoms with E-state index in [1.54, 1.807) is 22.7 Å². The van der Waals surface area contributed by atoms with Gasteiger partial charge in [-0.05, 0) is 42.3 Å². The number of anilines is 2. The summed E-state index contributed by atoms with van der Waals surface area (Å²) in [5.41, 5.74) is 2.84. The fourth-order valence-electron chi connectivity index (χ4n) is 4.93. The maximum absolute atomic E-state index is 14.8. The molecule has 4 aromatic rings. The SMILES string of the molecule is CCc1cc(Nc2nccn3c(-c4ccc(OC)c(F)c4F)cnc23)ccc1C(=O)NCCOCC[N+](C)(C)CCCC(=O)O. The van der Waals surface area contributed by atoms with Gasteiger partial charge in [0.2, 0.25) is 5.82 Å². The third-order valence-electron chi connectivity index (χ3n) is 7.49. The molecule has 0 radical (unpaired) electrons. The molecule has 0 aliphatic carbocycles. The Morgan fingerprint density at radius 2 is 1.87 bits per heavy atom. The average Bonchev–Trinajstić information content (AvgIpc) is 3.44. The third kappa shape index (κ3) is 8.31. The fourth-order valence-corrected chi connectivity index (χ4v) is 4.93. The van der Waals surface area contributed by atoms with Crippen LogP contribution in [0.25, 0.3) is 16.9 Å². The second-order valence-electron chi connectivity index (χ2n) is 11.2. The lowest BCUT2D eigenvalue weighted by atomic mass is 10.0. The highest BCUT2D eigenvalue weighted by Gasteiger charge is 2.20. The highest BCUT2D eigenvalue weighted by Crippen LogP contribution is 2.31. The molecule has 0 fully saturated rings. The van der Waals surface area contributed by atoms with Crippen LogP contribution in [0.4, 0.5) is 20.3 Å². The number of hydrogen-bond acceptors (Lipinski definition) is 7. The van der Waals surface area contributed by atoms with Gasteiger partial charge in [0.15, 0.2) is 23.0 Å². The molecule has 45 heavy (non-hydrogen) atoms. The number of amides is 1. The van der Waals surface area contributed by atoms with Gasteiger partial charge in [0.25, 0.3) is 5.91 Å². The number of ether oxygens (including phenoxy) is 2. The van der Waals surface area contributed by atoms with E-state index in [0.717, 1.165) is 18.7 Å². The number of carbonyl (C=O) groups is 2. The van der Waals surface area contributed by atoms with Crippen LogP contribution < -0.4 is 15.4 Å².